The normalized spacial score (nSPS) is 16.5. The second-order valence-electron chi connectivity index (χ2n) is 4.75. The van der Waals surface area contributed by atoms with Crippen LogP contribution in [0.4, 0.5) is 0 Å². The van der Waals surface area contributed by atoms with Crippen LogP contribution in [0.2, 0.25) is 0 Å². The van der Waals surface area contributed by atoms with E-state index >= 15 is 0 Å². The first kappa shape index (κ1) is 11.3. The van der Waals surface area contributed by atoms with Crippen LogP contribution in [0.5, 0.6) is 0 Å². The first-order chi connectivity index (χ1) is 8.88. The molecule has 1 aromatic carbocycles. The van der Waals surface area contributed by atoms with Crippen LogP contribution < -0.4 is 11.3 Å². The number of rotatable bonds is 3. The molecule has 3 rings (SSSR count). The minimum atomic E-state index is 0.110. The van der Waals surface area contributed by atoms with Gasteiger partial charge >= 0.3 is 0 Å². The molecule has 0 fully saturated rings. The van der Waals surface area contributed by atoms with Crippen molar-refractivity contribution in [1.82, 2.24) is 15.4 Å². The Hall–Kier alpha value is -1.78. The lowest BCUT2D eigenvalue weighted by atomic mass is 9.93. The third kappa shape index (κ3) is 2.00. The maximum absolute atomic E-state index is 5.71. The summed E-state index contributed by atoms with van der Waals surface area (Å²) in [5, 5.41) is 0. The van der Waals surface area contributed by atoms with Crippen molar-refractivity contribution in [2.45, 2.75) is 18.9 Å². The van der Waals surface area contributed by atoms with Crippen LogP contribution in [-0.2, 0) is 12.8 Å². The number of hydrogen-bond donors (Lipinski definition) is 2. The Labute approximate surface area is 106 Å². The quantitative estimate of drug-likeness (QED) is 0.628. The number of hydrazine groups is 1. The number of nitrogens with zero attached hydrogens (tertiary/aromatic N) is 2. The molecule has 1 atom stereocenters. The van der Waals surface area contributed by atoms with Gasteiger partial charge in [-0.25, -0.2) is 9.97 Å². The third-order valence-corrected chi connectivity index (χ3v) is 3.67. The summed E-state index contributed by atoms with van der Waals surface area (Å²) < 4.78 is 0. The van der Waals surface area contributed by atoms with Gasteiger partial charge in [0.2, 0.25) is 0 Å². The maximum atomic E-state index is 5.71. The van der Waals surface area contributed by atoms with Gasteiger partial charge in [0.05, 0.1) is 6.04 Å². The molecule has 3 N–H and O–H groups in total. The molecule has 1 aliphatic carbocycles. The zero-order valence-electron chi connectivity index (χ0n) is 10.1. The molecule has 1 aromatic heterocycles. The Kier molecular flexibility index (Phi) is 3.04. The summed E-state index contributed by atoms with van der Waals surface area (Å²) in [6.45, 7) is 0. The summed E-state index contributed by atoms with van der Waals surface area (Å²) in [5.74, 6) is 6.18. The molecule has 4 heteroatoms. The van der Waals surface area contributed by atoms with Gasteiger partial charge in [0.1, 0.15) is 6.33 Å². The molecule has 0 spiro atoms. The molecule has 0 amide bonds. The van der Waals surface area contributed by atoms with E-state index in [0.717, 1.165) is 18.4 Å². The highest BCUT2D eigenvalue weighted by Crippen LogP contribution is 2.34. The average molecular weight is 240 g/mol. The summed E-state index contributed by atoms with van der Waals surface area (Å²) in [5.41, 5.74) is 6.83. The molecule has 0 bridgehead atoms. The van der Waals surface area contributed by atoms with E-state index in [4.69, 9.17) is 5.84 Å². The fourth-order valence-corrected chi connectivity index (χ4v) is 2.80. The number of aromatic nitrogens is 2. The van der Waals surface area contributed by atoms with E-state index in [1.807, 2.05) is 12.4 Å². The largest absolute Gasteiger partial charge is 0.271 e. The lowest BCUT2D eigenvalue weighted by Crippen LogP contribution is -2.34. The van der Waals surface area contributed by atoms with Crippen molar-refractivity contribution in [3.63, 3.8) is 0 Å². The summed E-state index contributed by atoms with van der Waals surface area (Å²) in [4.78, 5) is 8.13. The van der Waals surface area contributed by atoms with Crippen LogP contribution in [0.1, 0.15) is 22.7 Å². The lowest BCUT2D eigenvalue weighted by Gasteiger charge is -2.22. The molecule has 18 heavy (non-hydrogen) atoms. The predicted octanol–water partition coefficient (Wildman–Crippen LogP) is 1.40. The predicted molar refractivity (Wildman–Crippen MR) is 69.4 cm³/mol. The van der Waals surface area contributed by atoms with E-state index in [9.17, 15) is 0 Å². The number of fused-ring (bicyclic) bond motifs is 1. The van der Waals surface area contributed by atoms with Gasteiger partial charge in [0.25, 0.3) is 0 Å². The Morgan fingerprint density at radius 3 is 2.28 bits per heavy atom. The van der Waals surface area contributed by atoms with Crippen LogP contribution in [0.25, 0.3) is 0 Å². The topological polar surface area (TPSA) is 63.8 Å². The molecule has 0 saturated heterocycles. The second-order valence-corrected chi connectivity index (χ2v) is 4.75. The number of hydrogen-bond acceptors (Lipinski definition) is 4. The van der Waals surface area contributed by atoms with Crippen LogP contribution in [0, 0.1) is 5.92 Å². The van der Waals surface area contributed by atoms with Crippen LogP contribution in [-0.4, -0.2) is 9.97 Å². The Bertz CT molecular complexity index is 501. The molecule has 0 saturated carbocycles. The fraction of sp³-hybridized carbons (Fsp3) is 0.286. The maximum Gasteiger partial charge on any atom is 0.115 e. The van der Waals surface area contributed by atoms with E-state index < -0.39 is 0 Å². The van der Waals surface area contributed by atoms with Crippen LogP contribution >= 0.6 is 0 Å². The summed E-state index contributed by atoms with van der Waals surface area (Å²) in [7, 11) is 0. The second kappa shape index (κ2) is 4.84. The zero-order chi connectivity index (χ0) is 12.4. The highest BCUT2D eigenvalue weighted by molar-refractivity contribution is 5.33. The van der Waals surface area contributed by atoms with Crippen molar-refractivity contribution in [2.75, 3.05) is 0 Å². The van der Waals surface area contributed by atoms with E-state index in [2.05, 4.69) is 39.7 Å². The van der Waals surface area contributed by atoms with Gasteiger partial charge in [-0.2, -0.15) is 0 Å². The van der Waals surface area contributed by atoms with Crippen molar-refractivity contribution < 1.29 is 0 Å². The number of benzene rings is 1. The lowest BCUT2D eigenvalue weighted by molar-refractivity contribution is 0.378. The molecule has 1 heterocycles. The Morgan fingerprint density at radius 2 is 1.72 bits per heavy atom. The van der Waals surface area contributed by atoms with Gasteiger partial charge in [-0.3, -0.25) is 11.3 Å². The molecule has 92 valence electrons. The van der Waals surface area contributed by atoms with E-state index in [1.54, 1.807) is 6.33 Å². The Morgan fingerprint density at radius 1 is 1.11 bits per heavy atom. The van der Waals surface area contributed by atoms with Gasteiger partial charge in [-0.15, -0.1) is 0 Å². The van der Waals surface area contributed by atoms with E-state index in [1.165, 1.54) is 11.1 Å². The molecule has 1 unspecified atom stereocenters. The van der Waals surface area contributed by atoms with Crippen LogP contribution in [0.15, 0.2) is 43.0 Å². The Balaban J connectivity index is 1.84. The summed E-state index contributed by atoms with van der Waals surface area (Å²) in [6, 6.07) is 8.70. The van der Waals surface area contributed by atoms with Gasteiger partial charge in [0.15, 0.2) is 0 Å². The minimum absolute atomic E-state index is 0.110. The van der Waals surface area contributed by atoms with Crippen molar-refractivity contribution >= 4 is 0 Å². The van der Waals surface area contributed by atoms with Gasteiger partial charge in [-0.05, 0) is 29.9 Å². The highest BCUT2D eigenvalue weighted by Gasteiger charge is 2.29. The molecule has 0 aliphatic heterocycles. The third-order valence-electron chi connectivity index (χ3n) is 3.67. The molecular weight excluding hydrogens is 224 g/mol. The standard InChI is InChI=1S/C14H16N4/c15-18-14(13-7-16-9-17-8-13)12-5-10-3-1-2-4-11(10)6-12/h1-4,7-9,12,14,18H,5-6,15H2. The van der Waals surface area contributed by atoms with E-state index in [0.29, 0.717) is 5.92 Å². The number of nitrogens with one attached hydrogen (secondary N) is 1. The SMILES string of the molecule is NNC(c1cncnc1)C1Cc2ccccc2C1. The van der Waals surface area contributed by atoms with Gasteiger partial charge < -0.3 is 0 Å². The molecular formula is C14H16N4. The number of nitrogens with two attached hydrogens (primary N) is 1. The van der Waals surface area contributed by atoms with Crippen molar-refractivity contribution in [1.29, 1.82) is 0 Å². The monoisotopic (exact) mass is 240 g/mol. The fourth-order valence-electron chi connectivity index (χ4n) is 2.80. The molecule has 2 aromatic rings. The van der Waals surface area contributed by atoms with E-state index in [-0.39, 0.29) is 6.04 Å². The molecule has 0 radical (unpaired) electrons. The van der Waals surface area contributed by atoms with Crippen molar-refractivity contribution in [2.24, 2.45) is 11.8 Å². The smallest absolute Gasteiger partial charge is 0.115 e. The zero-order valence-corrected chi connectivity index (χ0v) is 10.1. The average Bonchev–Trinajstić information content (AvgIpc) is 2.84. The first-order valence-electron chi connectivity index (χ1n) is 6.16. The minimum Gasteiger partial charge on any atom is -0.271 e. The summed E-state index contributed by atoms with van der Waals surface area (Å²) >= 11 is 0. The van der Waals surface area contributed by atoms with Crippen molar-refractivity contribution in [3.05, 3.63) is 59.7 Å². The van der Waals surface area contributed by atoms with Gasteiger partial charge in [-0.1, -0.05) is 24.3 Å². The highest BCUT2D eigenvalue weighted by atomic mass is 15.2. The van der Waals surface area contributed by atoms with Crippen molar-refractivity contribution in [3.8, 4) is 0 Å². The molecule has 4 nitrogen and oxygen atoms in total. The first-order valence-corrected chi connectivity index (χ1v) is 6.16. The van der Waals surface area contributed by atoms with Gasteiger partial charge in [0, 0.05) is 18.0 Å². The summed E-state index contributed by atoms with van der Waals surface area (Å²) in [6.07, 6.45) is 7.32. The molecule has 1 aliphatic rings. The van der Waals surface area contributed by atoms with Crippen LogP contribution in [0.3, 0.4) is 0 Å².